The van der Waals surface area contributed by atoms with E-state index in [2.05, 4.69) is 11.6 Å². The smallest absolute Gasteiger partial charge is 0.140 e. The molecule has 1 aromatic heterocycles. The van der Waals surface area contributed by atoms with Crippen molar-refractivity contribution in [3.05, 3.63) is 49.2 Å². The summed E-state index contributed by atoms with van der Waals surface area (Å²) in [7, 11) is 0. The first-order valence-corrected chi connectivity index (χ1v) is 5.09. The zero-order valence-corrected chi connectivity index (χ0v) is 8.84. The number of rotatable bonds is 4. The average Bonchev–Trinajstić information content (AvgIpc) is 2.36. The molecule has 0 aliphatic carbocycles. The number of aliphatic hydroxyl groups is 1. The van der Waals surface area contributed by atoms with Crippen LogP contribution in [0, 0.1) is 0 Å². The molecule has 1 atom stereocenters. The molecule has 82 valence electrons. The number of aromatic nitrogens is 1. The molecule has 16 heavy (non-hydrogen) atoms. The molecule has 0 radical (unpaired) electrons. The lowest BCUT2D eigenvalue weighted by Crippen LogP contribution is -2.17. The number of hydrogen-bond donors (Lipinski definition) is 1. The van der Waals surface area contributed by atoms with Crippen LogP contribution in [0.4, 0.5) is 0 Å². The Labute approximate surface area is 94.0 Å². The van der Waals surface area contributed by atoms with Crippen LogP contribution >= 0.6 is 0 Å². The summed E-state index contributed by atoms with van der Waals surface area (Å²) in [6.07, 6.45) is 2.93. The number of aliphatic hydroxyl groups excluding tert-OH is 1. The SMILES string of the molecule is C=CC(CO)Oc1cccc2ncccc12. The van der Waals surface area contributed by atoms with Crippen LogP contribution in [0.15, 0.2) is 49.2 Å². The third kappa shape index (κ3) is 2.04. The van der Waals surface area contributed by atoms with Gasteiger partial charge in [0.25, 0.3) is 0 Å². The maximum atomic E-state index is 9.05. The molecule has 0 amide bonds. The van der Waals surface area contributed by atoms with Gasteiger partial charge in [-0.25, -0.2) is 0 Å². The largest absolute Gasteiger partial charge is 0.483 e. The van der Waals surface area contributed by atoms with Crippen LogP contribution in [0.1, 0.15) is 0 Å². The van der Waals surface area contributed by atoms with Gasteiger partial charge >= 0.3 is 0 Å². The zero-order valence-electron chi connectivity index (χ0n) is 8.84. The van der Waals surface area contributed by atoms with Gasteiger partial charge in [-0.05, 0) is 30.3 Å². The molecule has 1 unspecified atom stereocenters. The first kappa shape index (κ1) is 10.6. The Morgan fingerprint density at radius 1 is 1.38 bits per heavy atom. The Kier molecular flexibility index (Phi) is 3.17. The summed E-state index contributed by atoms with van der Waals surface area (Å²) in [5.74, 6) is 0.713. The molecule has 2 rings (SSSR count). The Morgan fingerprint density at radius 3 is 3.00 bits per heavy atom. The maximum Gasteiger partial charge on any atom is 0.140 e. The van der Waals surface area contributed by atoms with Crippen molar-refractivity contribution in [3.63, 3.8) is 0 Å². The van der Waals surface area contributed by atoms with Crippen molar-refractivity contribution in [1.82, 2.24) is 4.98 Å². The fourth-order valence-electron chi connectivity index (χ4n) is 1.50. The van der Waals surface area contributed by atoms with Crippen molar-refractivity contribution < 1.29 is 9.84 Å². The van der Waals surface area contributed by atoms with Crippen LogP contribution in [0.3, 0.4) is 0 Å². The van der Waals surface area contributed by atoms with Crippen molar-refractivity contribution in [2.75, 3.05) is 6.61 Å². The molecule has 3 nitrogen and oxygen atoms in total. The summed E-state index contributed by atoms with van der Waals surface area (Å²) >= 11 is 0. The number of pyridine rings is 1. The van der Waals surface area contributed by atoms with Gasteiger partial charge in [-0.3, -0.25) is 4.98 Å². The molecule has 0 spiro atoms. The molecule has 0 saturated carbocycles. The van der Waals surface area contributed by atoms with E-state index in [1.165, 1.54) is 0 Å². The van der Waals surface area contributed by atoms with E-state index in [0.29, 0.717) is 5.75 Å². The molecule has 0 aliphatic heterocycles. The second kappa shape index (κ2) is 4.77. The molecule has 2 aromatic rings. The first-order chi connectivity index (χ1) is 7.85. The van der Waals surface area contributed by atoms with Gasteiger partial charge in [-0.2, -0.15) is 0 Å². The maximum absolute atomic E-state index is 9.05. The Balaban J connectivity index is 2.40. The summed E-state index contributed by atoms with van der Waals surface area (Å²) in [5.41, 5.74) is 0.876. The molecular weight excluding hydrogens is 202 g/mol. The third-order valence-electron chi connectivity index (χ3n) is 2.33. The monoisotopic (exact) mass is 215 g/mol. The van der Waals surface area contributed by atoms with Crippen molar-refractivity contribution in [1.29, 1.82) is 0 Å². The minimum Gasteiger partial charge on any atom is -0.483 e. The molecule has 1 aromatic carbocycles. The number of ether oxygens (including phenoxy) is 1. The number of benzene rings is 1. The molecule has 0 bridgehead atoms. The molecule has 0 aliphatic rings. The Bertz CT molecular complexity index is 491. The van der Waals surface area contributed by atoms with Crippen LogP contribution in [0.25, 0.3) is 10.9 Å². The van der Waals surface area contributed by atoms with Gasteiger partial charge in [-0.1, -0.05) is 12.6 Å². The highest BCUT2D eigenvalue weighted by Crippen LogP contribution is 2.24. The summed E-state index contributed by atoms with van der Waals surface area (Å²) in [4.78, 5) is 4.23. The van der Waals surface area contributed by atoms with Crippen LogP contribution in [-0.2, 0) is 0 Å². The van der Waals surface area contributed by atoms with E-state index in [0.717, 1.165) is 10.9 Å². The van der Waals surface area contributed by atoms with E-state index in [-0.39, 0.29) is 12.7 Å². The van der Waals surface area contributed by atoms with Gasteiger partial charge in [0.15, 0.2) is 0 Å². The first-order valence-electron chi connectivity index (χ1n) is 5.09. The summed E-state index contributed by atoms with van der Waals surface area (Å²) in [6.45, 7) is 3.52. The van der Waals surface area contributed by atoms with Gasteiger partial charge in [0, 0.05) is 11.6 Å². The molecule has 0 fully saturated rings. The van der Waals surface area contributed by atoms with Crippen LogP contribution in [-0.4, -0.2) is 22.8 Å². The van der Waals surface area contributed by atoms with Crippen LogP contribution < -0.4 is 4.74 Å². The van der Waals surface area contributed by atoms with Crippen molar-refractivity contribution >= 4 is 10.9 Å². The highest BCUT2D eigenvalue weighted by molar-refractivity contribution is 5.84. The van der Waals surface area contributed by atoms with Gasteiger partial charge in [0.05, 0.1) is 12.1 Å². The Morgan fingerprint density at radius 2 is 2.25 bits per heavy atom. The lowest BCUT2D eigenvalue weighted by Gasteiger charge is -2.14. The topological polar surface area (TPSA) is 42.4 Å². The predicted molar refractivity (Wildman–Crippen MR) is 63.4 cm³/mol. The van der Waals surface area contributed by atoms with E-state index in [9.17, 15) is 0 Å². The van der Waals surface area contributed by atoms with E-state index < -0.39 is 0 Å². The highest BCUT2D eigenvalue weighted by atomic mass is 16.5. The summed E-state index contributed by atoms with van der Waals surface area (Å²) in [6, 6.07) is 9.45. The van der Waals surface area contributed by atoms with Crippen LogP contribution in [0.2, 0.25) is 0 Å². The second-order valence-corrected chi connectivity index (χ2v) is 3.40. The van der Waals surface area contributed by atoms with Gasteiger partial charge < -0.3 is 9.84 Å². The lowest BCUT2D eigenvalue weighted by molar-refractivity contribution is 0.151. The van der Waals surface area contributed by atoms with Crippen molar-refractivity contribution in [3.8, 4) is 5.75 Å². The summed E-state index contributed by atoms with van der Waals surface area (Å²) in [5, 5.41) is 9.98. The van der Waals surface area contributed by atoms with E-state index >= 15 is 0 Å². The van der Waals surface area contributed by atoms with Gasteiger partial charge in [0.2, 0.25) is 0 Å². The summed E-state index contributed by atoms with van der Waals surface area (Å²) < 4.78 is 5.62. The predicted octanol–water partition coefficient (Wildman–Crippen LogP) is 2.16. The van der Waals surface area contributed by atoms with E-state index in [1.54, 1.807) is 12.3 Å². The highest BCUT2D eigenvalue weighted by Gasteiger charge is 2.07. The van der Waals surface area contributed by atoms with E-state index in [4.69, 9.17) is 9.84 Å². The fourth-order valence-corrected chi connectivity index (χ4v) is 1.50. The average molecular weight is 215 g/mol. The van der Waals surface area contributed by atoms with E-state index in [1.807, 2.05) is 30.3 Å². The molecule has 0 saturated heterocycles. The quantitative estimate of drug-likeness (QED) is 0.795. The minimum absolute atomic E-state index is 0.0832. The lowest BCUT2D eigenvalue weighted by atomic mass is 10.2. The minimum atomic E-state index is -0.384. The van der Waals surface area contributed by atoms with Crippen molar-refractivity contribution in [2.45, 2.75) is 6.10 Å². The molecular formula is C13H13NO2. The molecule has 1 N–H and O–H groups in total. The molecule has 1 heterocycles. The number of fused-ring (bicyclic) bond motifs is 1. The van der Waals surface area contributed by atoms with Crippen molar-refractivity contribution in [2.24, 2.45) is 0 Å². The Hall–Kier alpha value is -1.87. The van der Waals surface area contributed by atoms with Gasteiger partial charge in [0.1, 0.15) is 11.9 Å². The number of nitrogens with zero attached hydrogens (tertiary/aromatic N) is 1. The van der Waals surface area contributed by atoms with Gasteiger partial charge in [-0.15, -0.1) is 0 Å². The normalized spacial score (nSPS) is 12.3. The number of hydrogen-bond acceptors (Lipinski definition) is 3. The molecule has 3 heteroatoms. The van der Waals surface area contributed by atoms with Crippen LogP contribution in [0.5, 0.6) is 5.75 Å². The zero-order chi connectivity index (χ0) is 11.4. The standard InChI is InChI=1S/C13H13NO2/c1-2-10(9-15)16-13-7-3-6-12-11(13)5-4-8-14-12/h2-8,10,15H,1,9H2. The third-order valence-corrected chi connectivity index (χ3v) is 2.33. The second-order valence-electron chi connectivity index (χ2n) is 3.40. The fraction of sp³-hybridized carbons (Fsp3) is 0.154.